The van der Waals surface area contributed by atoms with E-state index in [0.717, 1.165) is 34.8 Å². The number of hydrogen-bond donors (Lipinski definition) is 1. The molecule has 0 atom stereocenters. The summed E-state index contributed by atoms with van der Waals surface area (Å²) in [5.41, 5.74) is 0. The van der Waals surface area contributed by atoms with Crippen molar-refractivity contribution in [1.82, 2.24) is 10.2 Å². The normalized spacial score (nSPS) is 16.7. The van der Waals surface area contributed by atoms with Gasteiger partial charge in [-0.15, -0.1) is 11.3 Å². The highest BCUT2D eigenvalue weighted by Crippen LogP contribution is 2.22. The lowest BCUT2D eigenvalue weighted by atomic mass is 10.3. The number of rotatable bonds is 2. The minimum Gasteiger partial charge on any atom is -0.340 e. The van der Waals surface area contributed by atoms with Crippen LogP contribution in [-0.2, 0) is 11.2 Å². The number of hydrogen-bond acceptors (Lipinski definition) is 3. The Bertz CT molecular complexity index is 347. The number of thiophene rings is 1. The number of carbonyl (C=O) groups excluding carboxylic acids is 1. The van der Waals surface area contributed by atoms with E-state index in [2.05, 4.69) is 21.2 Å². The lowest BCUT2D eigenvalue weighted by Gasteiger charge is -2.27. The summed E-state index contributed by atoms with van der Waals surface area (Å²) in [5, 5.41) is 3.24. The fourth-order valence-corrected chi connectivity index (χ4v) is 3.10. The molecule has 0 aliphatic carbocycles. The lowest BCUT2D eigenvalue weighted by Crippen LogP contribution is -2.46. The number of piperazine rings is 1. The van der Waals surface area contributed by atoms with Gasteiger partial charge in [0.1, 0.15) is 0 Å². The molecule has 82 valence electrons. The average Bonchev–Trinajstić information content (AvgIpc) is 2.65. The molecule has 0 unspecified atom stereocenters. The third kappa shape index (κ3) is 3.03. The van der Waals surface area contributed by atoms with Crippen molar-refractivity contribution in [3.05, 3.63) is 20.8 Å². The second kappa shape index (κ2) is 5.09. The summed E-state index contributed by atoms with van der Waals surface area (Å²) >= 11 is 5.04. The molecule has 0 aromatic carbocycles. The molecule has 1 N–H and O–H groups in total. The van der Waals surface area contributed by atoms with Gasteiger partial charge >= 0.3 is 0 Å². The molecule has 2 heterocycles. The molecule has 1 aliphatic rings. The average molecular weight is 289 g/mol. The van der Waals surface area contributed by atoms with Crippen molar-refractivity contribution in [1.29, 1.82) is 0 Å². The van der Waals surface area contributed by atoms with Crippen molar-refractivity contribution in [2.24, 2.45) is 0 Å². The monoisotopic (exact) mass is 288 g/mol. The van der Waals surface area contributed by atoms with Crippen molar-refractivity contribution in [2.75, 3.05) is 26.2 Å². The van der Waals surface area contributed by atoms with Crippen LogP contribution in [0, 0.1) is 0 Å². The number of nitrogens with zero attached hydrogens (tertiary/aromatic N) is 1. The first-order chi connectivity index (χ1) is 7.25. The molecule has 1 aromatic heterocycles. The molecule has 1 amide bonds. The molecule has 5 heteroatoms. The summed E-state index contributed by atoms with van der Waals surface area (Å²) in [6.07, 6.45) is 0.538. The molecular formula is C10H13BrN2OS. The van der Waals surface area contributed by atoms with E-state index in [-0.39, 0.29) is 5.91 Å². The molecule has 3 nitrogen and oxygen atoms in total. The molecule has 0 radical (unpaired) electrons. The van der Waals surface area contributed by atoms with Gasteiger partial charge in [-0.05, 0) is 28.1 Å². The van der Waals surface area contributed by atoms with Crippen LogP contribution in [0.4, 0.5) is 0 Å². The second-order valence-electron chi connectivity index (χ2n) is 3.51. The Balaban J connectivity index is 1.91. The predicted octanol–water partition coefficient (Wildman–Crippen LogP) is 1.48. The van der Waals surface area contributed by atoms with E-state index < -0.39 is 0 Å². The molecule has 1 aromatic rings. The van der Waals surface area contributed by atoms with Crippen LogP contribution >= 0.6 is 27.3 Å². The van der Waals surface area contributed by atoms with Crippen molar-refractivity contribution >= 4 is 33.2 Å². The molecule has 0 saturated carbocycles. The fourth-order valence-electron chi connectivity index (χ4n) is 1.62. The van der Waals surface area contributed by atoms with Crippen LogP contribution < -0.4 is 5.32 Å². The van der Waals surface area contributed by atoms with Crippen LogP contribution in [0.25, 0.3) is 0 Å². The van der Waals surface area contributed by atoms with Crippen LogP contribution in [0.2, 0.25) is 0 Å². The third-order valence-electron chi connectivity index (χ3n) is 2.42. The van der Waals surface area contributed by atoms with Gasteiger partial charge in [-0.25, -0.2) is 0 Å². The Morgan fingerprint density at radius 1 is 1.47 bits per heavy atom. The topological polar surface area (TPSA) is 32.3 Å². The zero-order valence-electron chi connectivity index (χ0n) is 8.33. The van der Waals surface area contributed by atoms with Crippen molar-refractivity contribution in [2.45, 2.75) is 6.42 Å². The number of halogens is 1. The largest absolute Gasteiger partial charge is 0.340 e. The Morgan fingerprint density at radius 3 is 2.80 bits per heavy atom. The summed E-state index contributed by atoms with van der Waals surface area (Å²) in [6.45, 7) is 3.51. The summed E-state index contributed by atoms with van der Waals surface area (Å²) in [7, 11) is 0. The van der Waals surface area contributed by atoms with Gasteiger partial charge in [0.25, 0.3) is 0 Å². The van der Waals surface area contributed by atoms with Crippen molar-refractivity contribution in [3.63, 3.8) is 0 Å². The van der Waals surface area contributed by atoms with E-state index in [0.29, 0.717) is 6.42 Å². The van der Waals surface area contributed by atoms with Crippen LogP contribution in [0.1, 0.15) is 4.88 Å². The maximum Gasteiger partial charge on any atom is 0.227 e. The molecule has 1 aliphatic heterocycles. The van der Waals surface area contributed by atoms with Gasteiger partial charge in [-0.1, -0.05) is 0 Å². The molecule has 0 spiro atoms. The Labute approximate surface area is 102 Å². The van der Waals surface area contributed by atoms with Gasteiger partial charge in [0.15, 0.2) is 0 Å². The van der Waals surface area contributed by atoms with Crippen LogP contribution in [0.5, 0.6) is 0 Å². The van der Waals surface area contributed by atoms with E-state index in [9.17, 15) is 4.79 Å². The summed E-state index contributed by atoms with van der Waals surface area (Å²) in [5.74, 6) is 0.242. The van der Waals surface area contributed by atoms with Crippen LogP contribution in [-0.4, -0.2) is 37.0 Å². The number of nitrogens with one attached hydrogen (secondary N) is 1. The Morgan fingerprint density at radius 2 is 2.20 bits per heavy atom. The molecular weight excluding hydrogens is 276 g/mol. The van der Waals surface area contributed by atoms with Gasteiger partial charge in [0.2, 0.25) is 5.91 Å². The summed E-state index contributed by atoms with van der Waals surface area (Å²) in [4.78, 5) is 14.9. The van der Waals surface area contributed by atoms with E-state index in [1.165, 1.54) is 0 Å². The number of amides is 1. The first kappa shape index (κ1) is 11.1. The lowest BCUT2D eigenvalue weighted by molar-refractivity contribution is -0.130. The Kier molecular flexibility index (Phi) is 3.77. The first-order valence-electron chi connectivity index (χ1n) is 4.98. The predicted molar refractivity (Wildman–Crippen MR) is 65.2 cm³/mol. The van der Waals surface area contributed by atoms with Gasteiger partial charge in [-0.2, -0.15) is 0 Å². The summed E-state index contributed by atoms with van der Waals surface area (Å²) < 4.78 is 1.09. The highest BCUT2D eigenvalue weighted by Gasteiger charge is 2.16. The van der Waals surface area contributed by atoms with Crippen molar-refractivity contribution in [3.8, 4) is 0 Å². The third-order valence-corrected chi connectivity index (χ3v) is 4.05. The molecule has 1 fully saturated rings. The first-order valence-corrected chi connectivity index (χ1v) is 6.59. The van der Waals surface area contributed by atoms with E-state index >= 15 is 0 Å². The van der Waals surface area contributed by atoms with Crippen LogP contribution in [0.3, 0.4) is 0 Å². The molecule has 2 rings (SSSR count). The quantitative estimate of drug-likeness (QED) is 0.894. The van der Waals surface area contributed by atoms with Crippen LogP contribution in [0.15, 0.2) is 15.9 Å². The van der Waals surface area contributed by atoms with Gasteiger partial charge < -0.3 is 10.2 Å². The highest BCUT2D eigenvalue weighted by molar-refractivity contribution is 9.11. The number of carbonyl (C=O) groups is 1. The van der Waals surface area contributed by atoms with Gasteiger partial charge in [0.05, 0.1) is 10.2 Å². The van der Waals surface area contributed by atoms with Gasteiger partial charge in [-0.3, -0.25) is 4.79 Å². The van der Waals surface area contributed by atoms with E-state index in [4.69, 9.17) is 0 Å². The summed E-state index contributed by atoms with van der Waals surface area (Å²) in [6, 6.07) is 4.00. The molecule has 1 saturated heterocycles. The van der Waals surface area contributed by atoms with Crippen molar-refractivity contribution < 1.29 is 4.79 Å². The SMILES string of the molecule is O=C(Cc1ccc(Br)s1)N1CCNCC1. The molecule has 0 bridgehead atoms. The highest BCUT2D eigenvalue weighted by atomic mass is 79.9. The zero-order chi connectivity index (χ0) is 10.7. The fraction of sp³-hybridized carbons (Fsp3) is 0.500. The van der Waals surface area contributed by atoms with E-state index in [1.54, 1.807) is 11.3 Å². The second-order valence-corrected chi connectivity index (χ2v) is 6.06. The standard InChI is InChI=1S/C10H13BrN2OS/c11-9-2-1-8(15-9)7-10(14)13-5-3-12-4-6-13/h1-2,12H,3-7H2. The minimum absolute atomic E-state index is 0.242. The smallest absolute Gasteiger partial charge is 0.227 e. The minimum atomic E-state index is 0.242. The molecule has 15 heavy (non-hydrogen) atoms. The Hall–Kier alpha value is -0.390. The van der Waals surface area contributed by atoms with Gasteiger partial charge in [0, 0.05) is 31.1 Å². The zero-order valence-corrected chi connectivity index (χ0v) is 10.7. The van der Waals surface area contributed by atoms with E-state index in [1.807, 2.05) is 17.0 Å². The maximum absolute atomic E-state index is 11.9. The maximum atomic E-state index is 11.9.